The summed E-state index contributed by atoms with van der Waals surface area (Å²) in [7, 11) is 0. The Bertz CT molecular complexity index is 535. The van der Waals surface area contributed by atoms with Gasteiger partial charge in [0.05, 0.1) is 12.7 Å². The van der Waals surface area contributed by atoms with Crippen LogP contribution < -0.4 is 11.1 Å². The summed E-state index contributed by atoms with van der Waals surface area (Å²) in [5.41, 5.74) is 8.71. The van der Waals surface area contributed by atoms with Gasteiger partial charge in [-0.25, -0.2) is 0 Å². The summed E-state index contributed by atoms with van der Waals surface area (Å²) in [6, 6.07) is 5.90. The molecule has 0 radical (unpaired) electrons. The van der Waals surface area contributed by atoms with Crippen molar-refractivity contribution in [2.24, 2.45) is 5.73 Å². The molecule has 0 fully saturated rings. The number of nitrogens with one attached hydrogen (secondary N) is 1. The SMILES string of the molecule is Cc1cccc(C(N)=S)c1NCCn1ccnn1. The van der Waals surface area contributed by atoms with E-state index in [1.807, 2.05) is 31.3 Å². The van der Waals surface area contributed by atoms with E-state index < -0.39 is 0 Å². The fraction of sp³-hybridized carbons (Fsp3) is 0.250. The number of aryl methyl sites for hydroxylation is 1. The molecular formula is C12H15N5S. The lowest BCUT2D eigenvalue weighted by molar-refractivity contribution is 0.609. The van der Waals surface area contributed by atoms with Gasteiger partial charge >= 0.3 is 0 Å². The molecule has 2 rings (SSSR count). The van der Waals surface area contributed by atoms with Gasteiger partial charge in [0.15, 0.2) is 0 Å². The van der Waals surface area contributed by atoms with Crippen molar-refractivity contribution >= 4 is 22.9 Å². The van der Waals surface area contributed by atoms with Gasteiger partial charge < -0.3 is 11.1 Å². The third kappa shape index (κ3) is 2.84. The van der Waals surface area contributed by atoms with Crippen molar-refractivity contribution in [2.45, 2.75) is 13.5 Å². The zero-order chi connectivity index (χ0) is 13.0. The van der Waals surface area contributed by atoms with Crippen molar-refractivity contribution in [3.05, 3.63) is 41.7 Å². The number of thiocarbonyl (C=S) groups is 1. The van der Waals surface area contributed by atoms with Crippen LogP contribution in [0.3, 0.4) is 0 Å². The molecule has 94 valence electrons. The second-order valence-corrected chi connectivity index (χ2v) is 4.39. The maximum absolute atomic E-state index is 5.71. The number of benzene rings is 1. The van der Waals surface area contributed by atoms with Crippen LogP contribution in [-0.4, -0.2) is 26.5 Å². The van der Waals surface area contributed by atoms with E-state index in [2.05, 4.69) is 15.6 Å². The summed E-state index contributed by atoms with van der Waals surface area (Å²) in [6.45, 7) is 3.51. The van der Waals surface area contributed by atoms with Crippen LogP contribution in [0.2, 0.25) is 0 Å². The number of nitrogens with zero attached hydrogens (tertiary/aromatic N) is 3. The van der Waals surface area contributed by atoms with Crippen molar-refractivity contribution in [3.63, 3.8) is 0 Å². The van der Waals surface area contributed by atoms with Gasteiger partial charge in [-0.15, -0.1) is 5.10 Å². The van der Waals surface area contributed by atoms with E-state index in [1.165, 1.54) is 0 Å². The highest BCUT2D eigenvalue weighted by Gasteiger charge is 2.07. The van der Waals surface area contributed by atoms with Crippen molar-refractivity contribution in [3.8, 4) is 0 Å². The van der Waals surface area contributed by atoms with Crippen molar-refractivity contribution in [1.82, 2.24) is 15.0 Å². The quantitative estimate of drug-likeness (QED) is 0.795. The van der Waals surface area contributed by atoms with Crippen LogP contribution in [0.15, 0.2) is 30.6 Å². The molecule has 1 aromatic heterocycles. The Morgan fingerprint density at radius 2 is 2.33 bits per heavy atom. The minimum atomic E-state index is 0.405. The molecule has 0 aliphatic heterocycles. The molecule has 0 aliphatic rings. The first-order valence-electron chi connectivity index (χ1n) is 5.66. The van der Waals surface area contributed by atoms with E-state index in [0.717, 1.165) is 29.9 Å². The van der Waals surface area contributed by atoms with Gasteiger partial charge in [0.1, 0.15) is 4.99 Å². The van der Waals surface area contributed by atoms with E-state index in [0.29, 0.717) is 4.99 Å². The van der Waals surface area contributed by atoms with Crippen LogP contribution in [0.25, 0.3) is 0 Å². The summed E-state index contributed by atoms with van der Waals surface area (Å²) in [4.78, 5) is 0.405. The smallest absolute Gasteiger partial charge is 0.106 e. The molecule has 2 aromatic rings. The first-order valence-corrected chi connectivity index (χ1v) is 6.06. The van der Waals surface area contributed by atoms with Gasteiger partial charge in [0.2, 0.25) is 0 Å². The molecule has 0 saturated heterocycles. The number of para-hydroxylation sites is 1. The molecule has 0 bridgehead atoms. The molecule has 18 heavy (non-hydrogen) atoms. The number of aromatic nitrogens is 3. The van der Waals surface area contributed by atoms with Crippen molar-refractivity contribution in [1.29, 1.82) is 0 Å². The van der Waals surface area contributed by atoms with Gasteiger partial charge in [-0.05, 0) is 18.6 Å². The lowest BCUT2D eigenvalue weighted by Gasteiger charge is -2.13. The van der Waals surface area contributed by atoms with E-state index >= 15 is 0 Å². The Morgan fingerprint density at radius 1 is 1.50 bits per heavy atom. The maximum atomic E-state index is 5.71. The summed E-state index contributed by atoms with van der Waals surface area (Å²) < 4.78 is 1.77. The summed E-state index contributed by atoms with van der Waals surface area (Å²) in [6.07, 6.45) is 3.49. The number of rotatable bonds is 5. The first-order chi connectivity index (χ1) is 8.68. The molecule has 3 N–H and O–H groups in total. The largest absolute Gasteiger partial charge is 0.389 e. The number of hydrogen-bond donors (Lipinski definition) is 2. The molecule has 0 amide bonds. The van der Waals surface area contributed by atoms with E-state index in [1.54, 1.807) is 10.9 Å². The van der Waals surface area contributed by atoms with E-state index in [9.17, 15) is 0 Å². The molecule has 0 aliphatic carbocycles. The maximum Gasteiger partial charge on any atom is 0.106 e. The average Bonchev–Trinajstić information content (AvgIpc) is 2.84. The Kier molecular flexibility index (Phi) is 3.88. The fourth-order valence-electron chi connectivity index (χ4n) is 1.76. The van der Waals surface area contributed by atoms with Crippen molar-refractivity contribution < 1.29 is 0 Å². The van der Waals surface area contributed by atoms with Crippen LogP contribution in [0.1, 0.15) is 11.1 Å². The van der Waals surface area contributed by atoms with E-state index in [4.69, 9.17) is 18.0 Å². The normalized spacial score (nSPS) is 10.3. The standard InChI is InChI=1S/C12H15N5S/c1-9-3-2-4-10(12(13)18)11(9)14-5-7-17-8-6-15-16-17/h2-4,6,8,14H,5,7H2,1H3,(H2,13,18). The van der Waals surface area contributed by atoms with Crippen LogP contribution >= 0.6 is 12.2 Å². The molecule has 0 spiro atoms. The zero-order valence-electron chi connectivity index (χ0n) is 10.1. The van der Waals surface area contributed by atoms with Gasteiger partial charge in [0, 0.05) is 24.0 Å². The van der Waals surface area contributed by atoms with Crippen LogP contribution in [0.4, 0.5) is 5.69 Å². The molecule has 6 heteroatoms. The van der Waals surface area contributed by atoms with Crippen LogP contribution in [0.5, 0.6) is 0 Å². The second-order valence-electron chi connectivity index (χ2n) is 3.95. The molecule has 1 heterocycles. The molecule has 0 unspecified atom stereocenters. The molecule has 0 saturated carbocycles. The van der Waals surface area contributed by atoms with Crippen LogP contribution in [-0.2, 0) is 6.54 Å². The fourth-order valence-corrected chi connectivity index (χ4v) is 1.93. The predicted octanol–water partition coefficient (Wildman–Crippen LogP) is 1.33. The molecule has 1 aromatic carbocycles. The minimum Gasteiger partial charge on any atom is -0.389 e. The highest BCUT2D eigenvalue weighted by atomic mass is 32.1. The first kappa shape index (κ1) is 12.5. The zero-order valence-corrected chi connectivity index (χ0v) is 10.9. The number of hydrogen-bond acceptors (Lipinski definition) is 4. The monoisotopic (exact) mass is 261 g/mol. The Morgan fingerprint density at radius 3 is 3.00 bits per heavy atom. The Labute approximate surface area is 111 Å². The van der Waals surface area contributed by atoms with Gasteiger partial charge in [0.25, 0.3) is 0 Å². The summed E-state index contributed by atoms with van der Waals surface area (Å²) in [5.74, 6) is 0. The lowest BCUT2D eigenvalue weighted by atomic mass is 10.1. The lowest BCUT2D eigenvalue weighted by Crippen LogP contribution is -2.17. The van der Waals surface area contributed by atoms with Gasteiger partial charge in [-0.3, -0.25) is 4.68 Å². The highest BCUT2D eigenvalue weighted by Crippen LogP contribution is 2.20. The highest BCUT2D eigenvalue weighted by molar-refractivity contribution is 7.80. The third-order valence-electron chi connectivity index (χ3n) is 2.65. The second kappa shape index (κ2) is 5.59. The van der Waals surface area contributed by atoms with Crippen molar-refractivity contribution in [2.75, 3.05) is 11.9 Å². The van der Waals surface area contributed by atoms with Gasteiger partial charge in [-0.1, -0.05) is 29.6 Å². The predicted molar refractivity (Wildman–Crippen MR) is 75.6 cm³/mol. The summed E-state index contributed by atoms with van der Waals surface area (Å²) >= 11 is 5.05. The van der Waals surface area contributed by atoms with E-state index in [-0.39, 0.29) is 0 Å². The topological polar surface area (TPSA) is 68.8 Å². The Hall–Kier alpha value is -1.95. The number of anilines is 1. The summed E-state index contributed by atoms with van der Waals surface area (Å²) in [5, 5.41) is 11.0. The molecule has 5 nitrogen and oxygen atoms in total. The molecular weight excluding hydrogens is 246 g/mol. The number of nitrogens with two attached hydrogens (primary N) is 1. The molecule has 0 atom stereocenters. The average molecular weight is 261 g/mol. The van der Waals surface area contributed by atoms with Gasteiger partial charge in [-0.2, -0.15) is 0 Å². The minimum absolute atomic E-state index is 0.405. The third-order valence-corrected chi connectivity index (χ3v) is 2.87. The van der Waals surface area contributed by atoms with Crippen LogP contribution in [0, 0.1) is 6.92 Å². The Balaban J connectivity index is 2.06.